The molecule has 3 amide bonds. The molecule has 1 aliphatic heterocycles. The quantitative estimate of drug-likeness (QED) is 0.871. The fourth-order valence-corrected chi connectivity index (χ4v) is 2.66. The molecule has 132 valence electrons. The normalized spacial score (nSPS) is 14.0. The number of hydrogen-bond acceptors (Lipinski definition) is 3. The summed E-state index contributed by atoms with van der Waals surface area (Å²) in [5, 5.41) is 5.78. The lowest BCUT2D eigenvalue weighted by Gasteiger charge is -2.22. The second kappa shape index (κ2) is 8.04. The Morgan fingerprint density at radius 1 is 1.21 bits per heavy atom. The zero-order chi connectivity index (χ0) is 17.7. The Balaban J connectivity index is 2.26. The average Bonchev–Trinajstić information content (AvgIpc) is 3.06. The van der Waals surface area contributed by atoms with Crippen molar-refractivity contribution in [1.29, 1.82) is 0 Å². The summed E-state index contributed by atoms with van der Waals surface area (Å²) in [6.07, 6.45) is 2.29. The predicted molar refractivity (Wildman–Crippen MR) is 97.8 cm³/mol. The summed E-state index contributed by atoms with van der Waals surface area (Å²) in [5.74, 6) is 0.298. The van der Waals surface area contributed by atoms with Crippen molar-refractivity contribution in [2.24, 2.45) is 5.92 Å². The molecule has 0 radical (unpaired) electrons. The van der Waals surface area contributed by atoms with E-state index in [1.165, 1.54) is 4.90 Å². The molecule has 1 heterocycles. The van der Waals surface area contributed by atoms with Crippen molar-refractivity contribution in [3.05, 3.63) is 23.8 Å². The maximum absolute atomic E-state index is 12.6. The van der Waals surface area contributed by atoms with Crippen LogP contribution in [-0.2, 0) is 0 Å². The van der Waals surface area contributed by atoms with Crippen molar-refractivity contribution >= 4 is 23.3 Å². The van der Waals surface area contributed by atoms with E-state index in [-0.39, 0.29) is 11.9 Å². The Kier molecular flexibility index (Phi) is 6.06. The lowest BCUT2D eigenvalue weighted by Crippen LogP contribution is -2.31. The largest absolute Gasteiger partial charge is 0.371 e. The lowest BCUT2D eigenvalue weighted by atomic mass is 10.1. The molecule has 1 saturated heterocycles. The van der Waals surface area contributed by atoms with Crippen LogP contribution in [0.4, 0.5) is 16.2 Å². The molecule has 2 N–H and O–H groups in total. The molecule has 0 spiro atoms. The highest BCUT2D eigenvalue weighted by Gasteiger charge is 2.20. The minimum absolute atomic E-state index is 0.0912. The number of rotatable bonds is 5. The van der Waals surface area contributed by atoms with Crippen LogP contribution in [0.25, 0.3) is 0 Å². The van der Waals surface area contributed by atoms with Crippen molar-refractivity contribution in [1.82, 2.24) is 10.2 Å². The number of urea groups is 1. The monoisotopic (exact) mass is 332 g/mol. The molecule has 24 heavy (non-hydrogen) atoms. The van der Waals surface area contributed by atoms with Gasteiger partial charge in [0.25, 0.3) is 5.91 Å². The third kappa shape index (κ3) is 4.63. The van der Waals surface area contributed by atoms with E-state index in [1.807, 2.05) is 12.1 Å². The number of hydrogen-bond donors (Lipinski definition) is 2. The fourth-order valence-electron chi connectivity index (χ4n) is 2.66. The van der Waals surface area contributed by atoms with E-state index in [1.54, 1.807) is 20.2 Å². The van der Waals surface area contributed by atoms with Gasteiger partial charge in [-0.1, -0.05) is 13.8 Å². The van der Waals surface area contributed by atoms with Gasteiger partial charge in [0, 0.05) is 45.1 Å². The zero-order valence-corrected chi connectivity index (χ0v) is 15.1. The van der Waals surface area contributed by atoms with Gasteiger partial charge in [-0.25, -0.2) is 4.79 Å². The van der Waals surface area contributed by atoms with Crippen LogP contribution in [0.1, 0.15) is 37.0 Å². The van der Waals surface area contributed by atoms with Gasteiger partial charge in [0.1, 0.15) is 0 Å². The van der Waals surface area contributed by atoms with Crippen LogP contribution < -0.4 is 15.5 Å². The molecular formula is C18H28N4O2. The number of nitrogens with zero attached hydrogens (tertiary/aromatic N) is 2. The molecule has 2 rings (SSSR count). The van der Waals surface area contributed by atoms with Gasteiger partial charge in [-0.3, -0.25) is 4.79 Å². The number of benzene rings is 1. The summed E-state index contributed by atoms with van der Waals surface area (Å²) in [7, 11) is 3.37. The van der Waals surface area contributed by atoms with Crippen LogP contribution in [0.3, 0.4) is 0 Å². The van der Waals surface area contributed by atoms with Crippen molar-refractivity contribution in [2.45, 2.75) is 26.7 Å². The van der Waals surface area contributed by atoms with Crippen LogP contribution in [0.2, 0.25) is 0 Å². The van der Waals surface area contributed by atoms with E-state index < -0.39 is 0 Å². The second-order valence-corrected chi connectivity index (χ2v) is 6.85. The van der Waals surface area contributed by atoms with Crippen molar-refractivity contribution in [3.8, 4) is 0 Å². The molecule has 0 unspecified atom stereocenters. The highest BCUT2D eigenvalue weighted by atomic mass is 16.2. The molecule has 0 saturated carbocycles. The maximum atomic E-state index is 12.6. The summed E-state index contributed by atoms with van der Waals surface area (Å²) < 4.78 is 0. The molecule has 1 aliphatic rings. The van der Waals surface area contributed by atoms with E-state index >= 15 is 0 Å². The Labute approximate surface area is 144 Å². The molecular weight excluding hydrogens is 304 g/mol. The molecule has 0 aliphatic carbocycles. The molecule has 1 aromatic rings. The molecule has 6 nitrogen and oxygen atoms in total. The van der Waals surface area contributed by atoms with Gasteiger partial charge in [0.15, 0.2) is 0 Å². The van der Waals surface area contributed by atoms with E-state index in [4.69, 9.17) is 0 Å². The standard InChI is InChI=1S/C18H28N4O2/c1-13(2)12-19-17(23)15-11-14(20-18(24)21(3)4)7-8-16(15)22-9-5-6-10-22/h7-8,11,13H,5-6,9-10,12H2,1-4H3,(H,19,23)(H,20,24). The third-order valence-electron chi connectivity index (χ3n) is 4.02. The SMILES string of the molecule is CC(C)CNC(=O)c1cc(NC(=O)N(C)C)ccc1N1CCCC1. The molecule has 0 bridgehead atoms. The van der Waals surface area contributed by atoms with Gasteiger partial charge >= 0.3 is 6.03 Å². The van der Waals surface area contributed by atoms with Crippen LogP contribution >= 0.6 is 0 Å². The summed E-state index contributed by atoms with van der Waals surface area (Å²) in [5.41, 5.74) is 2.19. The molecule has 0 atom stereocenters. The number of carbonyl (C=O) groups excluding carboxylic acids is 2. The van der Waals surface area contributed by atoms with E-state index in [0.717, 1.165) is 31.6 Å². The lowest BCUT2D eigenvalue weighted by molar-refractivity contribution is 0.0949. The first kappa shape index (κ1) is 18.1. The van der Waals surface area contributed by atoms with Crippen LogP contribution in [0, 0.1) is 5.92 Å². The summed E-state index contributed by atoms with van der Waals surface area (Å²) >= 11 is 0. The molecule has 1 fully saturated rings. The van der Waals surface area contributed by atoms with Crippen molar-refractivity contribution in [3.63, 3.8) is 0 Å². The number of nitrogens with one attached hydrogen (secondary N) is 2. The van der Waals surface area contributed by atoms with E-state index in [2.05, 4.69) is 29.4 Å². The van der Waals surface area contributed by atoms with Crippen molar-refractivity contribution in [2.75, 3.05) is 43.9 Å². The fraction of sp³-hybridized carbons (Fsp3) is 0.556. The van der Waals surface area contributed by atoms with Crippen LogP contribution in [-0.4, -0.2) is 50.6 Å². The summed E-state index contributed by atoms with van der Waals surface area (Å²) in [6.45, 7) is 6.69. The number of amides is 3. The predicted octanol–water partition coefficient (Wildman–Crippen LogP) is 2.77. The first-order valence-corrected chi connectivity index (χ1v) is 8.54. The number of anilines is 2. The van der Waals surface area contributed by atoms with Gasteiger partial charge in [-0.15, -0.1) is 0 Å². The van der Waals surface area contributed by atoms with Gasteiger partial charge < -0.3 is 20.4 Å². The highest BCUT2D eigenvalue weighted by Crippen LogP contribution is 2.27. The Hall–Kier alpha value is -2.24. The van der Waals surface area contributed by atoms with Crippen LogP contribution in [0.5, 0.6) is 0 Å². The highest BCUT2D eigenvalue weighted by molar-refractivity contribution is 6.02. The van der Waals surface area contributed by atoms with Crippen LogP contribution in [0.15, 0.2) is 18.2 Å². The van der Waals surface area contributed by atoms with Gasteiger partial charge in [-0.05, 0) is 37.0 Å². The molecule has 0 aromatic heterocycles. The summed E-state index contributed by atoms with van der Waals surface area (Å²) in [4.78, 5) is 28.2. The van der Waals surface area contributed by atoms with E-state index in [9.17, 15) is 9.59 Å². The summed E-state index contributed by atoms with van der Waals surface area (Å²) in [6, 6.07) is 5.34. The van der Waals surface area contributed by atoms with Crippen molar-refractivity contribution < 1.29 is 9.59 Å². The Morgan fingerprint density at radius 3 is 2.46 bits per heavy atom. The third-order valence-corrected chi connectivity index (χ3v) is 4.02. The maximum Gasteiger partial charge on any atom is 0.321 e. The molecule has 1 aromatic carbocycles. The van der Waals surface area contributed by atoms with E-state index in [0.29, 0.717) is 23.7 Å². The molecule has 6 heteroatoms. The zero-order valence-electron chi connectivity index (χ0n) is 15.1. The smallest absolute Gasteiger partial charge is 0.321 e. The minimum atomic E-state index is -0.211. The Bertz CT molecular complexity index is 593. The van der Waals surface area contributed by atoms with Gasteiger partial charge in [-0.2, -0.15) is 0 Å². The average molecular weight is 332 g/mol. The topological polar surface area (TPSA) is 64.7 Å². The first-order valence-electron chi connectivity index (χ1n) is 8.54. The second-order valence-electron chi connectivity index (χ2n) is 6.85. The minimum Gasteiger partial charge on any atom is -0.371 e. The number of carbonyl (C=O) groups is 2. The van der Waals surface area contributed by atoms with Gasteiger partial charge in [0.2, 0.25) is 0 Å². The Morgan fingerprint density at radius 2 is 1.88 bits per heavy atom. The van der Waals surface area contributed by atoms with Gasteiger partial charge in [0.05, 0.1) is 5.56 Å². The first-order chi connectivity index (χ1) is 11.4.